The van der Waals surface area contributed by atoms with Crippen molar-refractivity contribution in [2.24, 2.45) is 0 Å². The lowest BCUT2D eigenvalue weighted by molar-refractivity contribution is -0.140. The minimum absolute atomic E-state index is 0.00224. The number of halogens is 1. The fourth-order valence-electron chi connectivity index (χ4n) is 5.73. The lowest BCUT2D eigenvalue weighted by Crippen LogP contribution is -2.54. The summed E-state index contributed by atoms with van der Waals surface area (Å²) in [4.78, 5) is 30.1. The number of amides is 2. The molecule has 0 aliphatic heterocycles. The van der Waals surface area contributed by atoms with Crippen LogP contribution in [0.15, 0.2) is 114 Å². The average molecular weight is 660 g/mol. The number of nitrogens with one attached hydrogen (secondary N) is 1. The lowest BCUT2D eigenvalue weighted by atomic mass is 10.0. The molecule has 46 heavy (non-hydrogen) atoms. The van der Waals surface area contributed by atoms with Gasteiger partial charge in [-0.25, -0.2) is 8.42 Å². The van der Waals surface area contributed by atoms with Gasteiger partial charge in [-0.2, -0.15) is 0 Å². The minimum Gasteiger partial charge on any atom is -0.497 e. The highest BCUT2D eigenvalue weighted by Crippen LogP contribution is 2.27. The summed E-state index contributed by atoms with van der Waals surface area (Å²) in [5.74, 6) is -0.312. The zero-order valence-corrected chi connectivity index (χ0v) is 27.3. The number of ether oxygens (including phenoxy) is 1. The van der Waals surface area contributed by atoms with Crippen LogP contribution in [0.5, 0.6) is 5.75 Å². The van der Waals surface area contributed by atoms with E-state index >= 15 is 0 Å². The van der Waals surface area contributed by atoms with Crippen molar-refractivity contribution in [1.82, 2.24) is 10.2 Å². The first-order valence-electron chi connectivity index (χ1n) is 15.4. The number of carbonyl (C=O) groups excluding carboxylic acids is 2. The Balaban J connectivity index is 1.55. The molecule has 4 aromatic carbocycles. The Morgan fingerprint density at radius 2 is 1.48 bits per heavy atom. The topological polar surface area (TPSA) is 96.0 Å². The molecule has 1 N–H and O–H groups in total. The first-order chi connectivity index (χ1) is 22.3. The summed E-state index contributed by atoms with van der Waals surface area (Å²) in [6.45, 7) is -0.524. The number of nitrogens with zero attached hydrogens (tertiary/aromatic N) is 2. The molecule has 2 amide bonds. The molecule has 0 aromatic heterocycles. The van der Waals surface area contributed by atoms with Gasteiger partial charge in [-0.1, -0.05) is 91.2 Å². The predicted octanol–water partition coefficient (Wildman–Crippen LogP) is 6.24. The summed E-state index contributed by atoms with van der Waals surface area (Å²) in [6.07, 6.45) is 4.07. The molecular formula is C36H38ClN3O5S. The number of benzene rings is 4. The molecule has 1 aliphatic carbocycles. The maximum absolute atomic E-state index is 14.6. The number of hydrogen-bond acceptors (Lipinski definition) is 5. The normalized spacial score (nSPS) is 14.0. The number of rotatable bonds is 13. The van der Waals surface area contributed by atoms with Gasteiger partial charge in [0, 0.05) is 24.0 Å². The standard InChI is InChI=1S/C36H38ClN3O5S/c1-45-31-20-22-32(23-21-31)46(43,44)40(30-17-6-3-7-18-30)26-35(41)39(25-28-14-8-11-19-33(28)37)34(24-27-12-4-2-5-13-27)36(42)38-29-15-9-10-16-29/h2-8,11-14,17-23,29,34H,9-10,15-16,24-26H2,1H3,(H,38,42)/t34-/m1/s1. The first kappa shape index (κ1) is 33.0. The molecule has 240 valence electrons. The molecule has 1 fully saturated rings. The van der Waals surface area contributed by atoms with Gasteiger partial charge in [0.2, 0.25) is 11.8 Å². The van der Waals surface area contributed by atoms with Gasteiger partial charge < -0.3 is 15.0 Å². The van der Waals surface area contributed by atoms with E-state index < -0.39 is 28.5 Å². The van der Waals surface area contributed by atoms with Crippen molar-refractivity contribution in [3.63, 3.8) is 0 Å². The van der Waals surface area contributed by atoms with E-state index in [2.05, 4.69) is 5.32 Å². The van der Waals surface area contributed by atoms with Crippen LogP contribution in [0.3, 0.4) is 0 Å². The molecule has 0 heterocycles. The zero-order valence-electron chi connectivity index (χ0n) is 25.7. The molecular weight excluding hydrogens is 622 g/mol. The molecule has 8 nitrogen and oxygen atoms in total. The second-order valence-corrected chi connectivity index (χ2v) is 13.6. The average Bonchev–Trinajstić information content (AvgIpc) is 3.59. The van der Waals surface area contributed by atoms with E-state index in [0.717, 1.165) is 35.6 Å². The number of carbonyl (C=O) groups is 2. The third-order valence-corrected chi connectivity index (χ3v) is 10.4. The van der Waals surface area contributed by atoms with Crippen LogP contribution in [-0.4, -0.2) is 50.9 Å². The highest BCUT2D eigenvalue weighted by Gasteiger charge is 2.35. The van der Waals surface area contributed by atoms with Crippen LogP contribution in [0, 0.1) is 0 Å². The van der Waals surface area contributed by atoms with E-state index in [1.165, 1.54) is 24.1 Å². The van der Waals surface area contributed by atoms with Gasteiger partial charge in [-0.15, -0.1) is 0 Å². The number of anilines is 1. The molecule has 4 aromatic rings. The first-order valence-corrected chi connectivity index (χ1v) is 17.2. The van der Waals surface area contributed by atoms with Crippen LogP contribution >= 0.6 is 11.6 Å². The van der Waals surface area contributed by atoms with Crippen molar-refractivity contribution in [3.8, 4) is 5.75 Å². The summed E-state index contributed by atoms with van der Waals surface area (Å²) < 4.78 is 34.6. The fourth-order valence-corrected chi connectivity index (χ4v) is 7.34. The molecule has 0 spiro atoms. The Bertz CT molecular complexity index is 1710. The molecule has 1 aliphatic rings. The van der Waals surface area contributed by atoms with Crippen LogP contribution in [0.2, 0.25) is 5.02 Å². The maximum Gasteiger partial charge on any atom is 0.264 e. The Morgan fingerprint density at radius 1 is 0.870 bits per heavy atom. The van der Waals surface area contributed by atoms with E-state index in [0.29, 0.717) is 22.0 Å². The summed E-state index contributed by atoms with van der Waals surface area (Å²) in [5, 5.41) is 3.62. The number of methoxy groups -OCH3 is 1. The van der Waals surface area contributed by atoms with Crippen LogP contribution in [0.4, 0.5) is 5.69 Å². The van der Waals surface area contributed by atoms with Gasteiger partial charge >= 0.3 is 0 Å². The predicted molar refractivity (Wildman–Crippen MR) is 180 cm³/mol. The maximum atomic E-state index is 14.6. The molecule has 0 unspecified atom stereocenters. The molecule has 0 saturated heterocycles. The number of sulfonamides is 1. The quantitative estimate of drug-likeness (QED) is 0.183. The minimum atomic E-state index is -4.21. The highest BCUT2D eigenvalue weighted by molar-refractivity contribution is 7.92. The zero-order chi connectivity index (χ0) is 32.5. The highest BCUT2D eigenvalue weighted by atomic mass is 35.5. The summed E-state index contributed by atoms with van der Waals surface area (Å²) in [7, 11) is -2.71. The smallest absolute Gasteiger partial charge is 0.264 e. The Labute approximate surface area is 276 Å². The van der Waals surface area contributed by atoms with Gasteiger partial charge in [0.05, 0.1) is 17.7 Å². The second kappa shape index (κ2) is 15.3. The van der Waals surface area contributed by atoms with E-state index in [-0.39, 0.29) is 29.8 Å². The van der Waals surface area contributed by atoms with Crippen molar-refractivity contribution in [2.45, 2.75) is 55.6 Å². The number of hydrogen-bond donors (Lipinski definition) is 1. The fraction of sp³-hybridized carbons (Fsp3) is 0.278. The Morgan fingerprint density at radius 3 is 2.11 bits per heavy atom. The second-order valence-electron chi connectivity index (χ2n) is 11.3. The van der Waals surface area contributed by atoms with Gasteiger partial charge in [0.25, 0.3) is 10.0 Å². The van der Waals surface area contributed by atoms with E-state index in [1.807, 2.05) is 36.4 Å². The van der Waals surface area contributed by atoms with Crippen LogP contribution < -0.4 is 14.4 Å². The molecule has 1 atom stereocenters. The van der Waals surface area contributed by atoms with Gasteiger partial charge in [0.15, 0.2) is 0 Å². The lowest BCUT2D eigenvalue weighted by Gasteiger charge is -2.34. The molecule has 1 saturated carbocycles. The molecule has 5 rings (SSSR count). The van der Waals surface area contributed by atoms with Crippen LogP contribution in [0.25, 0.3) is 0 Å². The van der Waals surface area contributed by atoms with Crippen molar-refractivity contribution in [3.05, 3.63) is 125 Å². The van der Waals surface area contributed by atoms with Crippen molar-refractivity contribution < 1.29 is 22.7 Å². The van der Waals surface area contributed by atoms with Crippen molar-refractivity contribution >= 4 is 39.1 Å². The number of para-hydroxylation sites is 1. The van der Waals surface area contributed by atoms with Crippen LogP contribution in [-0.2, 0) is 32.6 Å². The third-order valence-electron chi connectivity index (χ3n) is 8.24. The largest absolute Gasteiger partial charge is 0.497 e. The van der Waals surface area contributed by atoms with Gasteiger partial charge in [-0.05, 0) is 66.4 Å². The van der Waals surface area contributed by atoms with Crippen molar-refractivity contribution in [2.75, 3.05) is 18.0 Å². The SMILES string of the molecule is COc1ccc(S(=O)(=O)N(CC(=O)N(Cc2ccccc2Cl)[C@H](Cc2ccccc2)C(=O)NC2CCCC2)c2ccccc2)cc1. The van der Waals surface area contributed by atoms with Crippen LogP contribution in [0.1, 0.15) is 36.8 Å². The van der Waals surface area contributed by atoms with E-state index in [4.69, 9.17) is 16.3 Å². The Hall–Kier alpha value is -4.34. The summed E-state index contributed by atoms with van der Waals surface area (Å²) >= 11 is 6.58. The monoisotopic (exact) mass is 659 g/mol. The molecule has 10 heteroatoms. The van der Waals surface area contributed by atoms with E-state index in [9.17, 15) is 18.0 Å². The summed E-state index contributed by atoms with van der Waals surface area (Å²) in [6, 6.07) is 30.3. The van der Waals surface area contributed by atoms with Crippen molar-refractivity contribution in [1.29, 1.82) is 0 Å². The van der Waals surface area contributed by atoms with E-state index in [1.54, 1.807) is 60.7 Å². The third kappa shape index (κ3) is 8.08. The molecule has 0 bridgehead atoms. The summed E-state index contributed by atoms with van der Waals surface area (Å²) in [5.41, 5.74) is 1.84. The molecule has 0 radical (unpaired) electrons. The Kier molecular flexibility index (Phi) is 11.0. The van der Waals surface area contributed by atoms with Gasteiger partial charge in [0.1, 0.15) is 18.3 Å². The van der Waals surface area contributed by atoms with Gasteiger partial charge in [-0.3, -0.25) is 13.9 Å².